The summed E-state index contributed by atoms with van der Waals surface area (Å²) >= 11 is 0. The first-order chi connectivity index (χ1) is 11.1. The summed E-state index contributed by atoms with van der Waals surface area (Å²) in [5.41, 5.74) is 1.03. The topological polar surface area (TPSA) is 82.5 Å². The van der Waals surface area contributed by atoms with Crippen molar-refractivity contribution in [2.45, 2.75) is 13.0 Å². The zero-order valence-electron chi connectivity index (χ0n) is 12.5. The first-order valence-corrected chi connectivity index (χ1v) is 7.40. The van der Waals surface area contributed by atoms with E-state index in [2.05, 4.69) is 10.3 Å². The van der Waals surface area contributed by atoms with Gasteiger partial charge in [0.25, 0.3) is 0 Å². The first-order valence-electron chi connectivity index (χ1n) is 7.40. The zero-order valence-corrected chi connectivity index (χ0v) is 12.5. The van der Waals surface area contributed by atoms with Gasteiger partial charge in [0.05, 0.1) is 5.92 Å². The highest BCUT2D eigenvalue weighted by atomic mass is 16.3. The molecule has 0 radical (unpaired) electrons. The van der Waals surface area contributed by atoms with Gasteiger partial charge in [-0.05, 0) is 17.7 Å². The summed E-state index contributed by atoms with van der Waals surface area (Å²) < 4.78 is 0. The molecule has 0 aliphatic carbocycles. The Morgan fingerprint density at radius 3 is 2.78 bits per heavy atom. The van der Waals surface area contributed by atoms with Crippen molar-refractivity contribution in [1.82, 2.24) is 9.88 Å². The fraction of sp³-hybridized carbons (Fsp3) is 0.235. The van der Waals surface area contributed by atoms with Crippen LogP contribution in [0.5, 0.6) is 5.75 Å². The quantitative estimate of drug-likeness (QED) is 0.901. The number of hydrogen-bond donors (Lipinski definition) is 2. The lowest BCUT2D eigenvalue weighted by Crippen LogP contribution is -2.28. The molecular formula is C17H17N3O3. The van der Waals surface area contributed by atoms with Crippen LogP contribution < -0.4 is 5.32 Å². The average Bonchev–Trinajstić information content (AvgIpc) is 2.92. The number of aromatic nitrogens is 1. The number of amides is 2. The van der Waals surface area contributed by atoms with E-state index < -0.39 is 5.92 Å². The molecule has 6 nitrogen and oxygen atoms in total. The van der Waals surface area contributed by atoms with Crippen LogP contribution in [0.25, 0.3) is 0 Å². The number of pyridine rings is 1. The second kappa shape index (κ2) is 6.48. The van der Waals surface area contributed by atoms with Crippen molar-refractivity contribution in [1.29, 1.82) is 0 Å². The van der Waals surface area contributed by atoms with Gasteiger partial charge in [0.15, 0.2) is 11.6 Å². The van der Waals surface area contributed by atoms with Gasteiger partial charge >= 0.3 is 0 Å². The van der Waals surface area contributed by atoms with Crippen LogP contribution in [0.3, 0.4) is 0 Å². The van der Waals surface area contributed by atoms with E-state index in [0.29, 0.717) is 13.1 Å². The van der Waals surface area contributed by atoms with Gasteiger partial charge in [0, 0.05) is 25.7 Å². The normalized spacial score (nSPS) is 17.3. The Hall–Kier alpha value is -2.89. The molecule has 1 fully saturated rings. The fourth-order valence-electron chi connectivity index (χ4n) is 2.62. The molecule has 1 aromatic carbocycles. The van der Waals surface area contributed by atoms with Crippen molar-refractivity contribution in [2.24, 2.45) is 5.92 Å². The highest BCUT2D eigenvalue weighted by Crippen LogP contribution is 2.24. The number of nitrogens with one attached hydrogen (secondary N) is 1. The van der Waals surface area contributed by atoms with Crippen LogP contribution in [0.2, 0.25) is 0 Å². The minimum Gasteiger partial charge on any atom is -0.504 e. The Labute approximate surface area is 133 Å². The van der Waals surface area contributed by atoms with Gasteiger partial charge in [-0.15, -0.1) is 0 Å². The summed E-state index contributed by atoms with van der Waals surface area (Å²) in [4.78, 5) is 30.0. The van der Waals surface area contributed by atoms with Crippen LogP contribution in [0.1, 0.15) is 12.0 Å². The number of benzene rings is 1. The van der Waals surface area contributed by atoms with Crippen LogP contribution in [-0.4, -0.2) is 33.3 Å². The minimum atomic E-state index is -0.437. The average molecular weight is 311 g/mol. The number of likely N-dealkylation sites (tertiary alicyclic amines) is 1. The molecule has 1 unspecified atom stereocenters. The summed E-state index contributed by atoms with van der Waals surface area (Å²) in [5.74, 6) is -0.757. The maximum Gasteiger partial charge on any atom is 0.231 e. The lowest BCUT2D eigenvalue weighted by molar-refractivity contribution is -0.128. The van der Waals surface area contributed by atoms with E-state index in [0.717, 1.165) is 5.56 Å². The number of carbonyl (C=O) groups is 2. The zero-order chi connectivity index (χ0) is 16.2. The van der Waals surface area contributed by atoms with Gasteiger partial charge in [0.1, 0.15) is 0 Å². The molecule has 0 bridgehead atoms. The number of rotatable bonds is 4. The van der Waals surface area contributed by atoms with E-state index in [9.17, 15) is 14.7 Å². The fourth-order valence-corrected chi connectivity index (χ4v) is 2.62. The molecular weight excluding hydrogens is 294 g/mol. The van der Waals surface area contributed by atoms with Gasteiger partial charge in [-0.2, -0.15) is 0 Å². The van der Waals surface area contributed by atoms with E-state index in [1.165, 1.54) is 12.3 Å². The number of hydrogen-bond acceptors (Lipinski definition) is 4. The summed E-state index contributed by atoms with van der Waals surface area (Å²) in [7, 11) is 0. The molecule has 1 aliphatic rings. The molecule has 118 valence electrons. The SMILES string of the molecule is O=C(Nc1ncccc1O)C1CC(=O)N(Cc2ccccc2)C1. The Bertz CT molecular complexity index is 718. The van der Waals surface area contributed by atoms with Crippen molar-refractivity contribution in [3.8, 4) is 5.75 Å². The molecule has 1 aliphatic heterocycles. The van der Waals surface area contributed by atoms with Crippen LogP contribution in [0, 0.1) is 5.92 Å². The smallest absolute Gasteiger partial charge is 0.231 e. The van der Waals surface area contributed by atoms with Gasteiger partial charge in [-0.1, -0.05) is 30.3 Å². The van der Waals surface area contributed by atoms with Crippen LogP contribution >= 0.6 is 0 Å². The first kappa shape index (κ1) is 15.0. The number of anilines is 1. The van der Waals surface area contributed by atoms with E-state index in [1.807, 2.05) is 30.3 Å². The van der Waals surface area contributed by atoms with Gasteiger partial charge < -0.3 is 15.3 Å². The predicted molar refractivity (Wildman–Crippen MR) is 84.5 cm³/mol. The van der Waals surface area contributed by atoms with E-state index in [4.69, 9.17) is 0 Å². The Morgan fingerprint density at radius 2 is 2.04 bits per heavy atom. The monoisotopic (exact) mass is 311 g/mol. The van der Waals surface area contributed by atoms with Gasteiger partial charge in [-0.3, -0.25) is 9.59 Å². The van der Waals surface area contributed by atoms with Crippen LogP contribution in [-0.2, 0) is 16.1 Å². The highest BCUT2D eigenvalue weighted by Gasteiger charge is 2.34. The molecule has 2 N–H and O–H groups in total. The molecule has 3 rings (SSSR count). The van der Waals surface area contributed by atoms with E-state index in [1.54, 1.807) is 11.0 Å². The molecule has 6 heteroatoms. The highest BCUT2D eigenvalue weighted by molar-refractivity contribution is 5.97. The summed E-state index contributed by atoms with van der Waals surface area (Å²) in [6.07, 6.45) is 1.66. The van der Waals surface area contributed by atoms with Crippen molar-refractivity contribution in [2.75, 3.05) is 11.9 Å². The lowest BCUT2D eigenvalue weighted by atomic mass is 10.1. The molecule has 0 saturated carbocycles. The summed E-state index contributed by atoms with van der Waals surface area (Å²) in [5, 5.41) is 12.2. The van der Waals surface area contributed by atoms with Crippen LogP contribution in [0.4, 0.5) is 5.82 Å². The second-order valence-corrected chi connectivity index (χ2v) is 5.52. The third-order valence-corrected chi connectivity index (χ3v) is 3.83. The summed E-state index contributed by atoms with van der Waals surface area (Å²) in [6.45, 7) is 0.867. The second-order valence-electron chi connectivity index (χ2n) is 5.52. The van der Waals surface area contributed by atoms with Crippen molar-refractivity contribution < 1.29 is 14.7 Å². The molecule has 23 heavy (non-hydrogen) atoms. The molecule has 0 spiro atoms. The summed E-state index contributed by atoms with van der Waals surface area (Å²) in [6, 6.07) is 12.7. The Balaban J connectivity index is 1.63. The third-order valence-electron chi connectivity index (χ3n) is 3.83. The van der Waals surface area contributed by atoms with Crippen molar-refractivity contribution in [3.05, 3.63) is 54.2 Å². The molecule has 2 amide bonds. The maximum atomic E-state index is 12.3. The standard InChI is InChI=1S/C17H17N3O3/c21-14-7-4-8-18-16(14)19-17(23)13-9-15(22)20(11-13)10-12-5-2-1-3-6-12/h1-8,13,21H,9-11H2,(H,18,19,23). The molecule has 2 heterocycles. The largest absolute Gasteiger partial charge is 0.504 e. The number of aromatic hydroxyl groups is 1. The predicted octanol–water partition coefficient (Wildman–Crippen LogP) is 1.77. The van der Waals surface area contributed by atoms with E-state index in [-0.39, 0.29) is 29.8 Å². The third kappa shape index (κ3) is 3.48. The molecule has 2 aromatic rings. The molecule has 1 aromatic heterocycles. The lowest BCUT2D eigenvalue weighted by Gasteiger charge is -2.16. The van der Waals surface area contributed by atoms with Crippen molar-refractivity contribution >= 4 is 17.6 Å². The number of carbonyl (C=O) groups excluding carboxylic acids is 2. The Morgan fingerprint density at radius 1 is 1.26 bits per heavy atom. The maximum absolute atomic E-state index is 12.3. The van der Waals surface area contributed by atoms with Gasteiger partial charge in [0.2, 0.25) is 11.8 Å². The minimum absolute atomic E-state index is 0.0424. The molecule has 1 saturated heterocycles. The van der Waals surface area contributed by atoms with Gasteiger partial charge in [-0.25, -0.2) is 4.98 Å². The van der Waals surface area contributed by atoms with E-state index >= 15 is 0 Å². The number of nitrogens with zero attached hydrogens (tertiary/aromatic N) is 2. The Kier molecular flexibility index (Phi) is 4.23. The van der Waals surface area contributed by atoms with Crippen LogP contribution in [0.15, 0.2) is 48.7 Å². The molecule has 1 atom stereocenters. The van der Waals surface area contributed by atoms with Crippen molar-refractivity contribution in [3.63, 3.8) is 0 Å².